The minimum absolute atomic E-state index is 0.0734. The molecule has 144 valence electrons. The summed E-state index contributed by atoms with van der Waals surface area (Å²) in [7, 11) is 0. The number of carbonyl (C=O) groups excluding carboxylic acids is 2. The van der Waals surface area contributed by atoms with Crippen LogP contribution < -0.4 is 15.4 Å². The van der Waals surface area contributed by atoms with Crippen molar-refractivity contribution in [2.45, 2.75) is 39.7 Å². The van der Waals surface area contributed by atoms with Crippen molar-refractivity contribution in [3.63, 3.8) is 0 Å². The minimum Gasteiger partial charge on any atom is -0.492 e. The molecule has 2 amide bonds. The average molecular weight is 433 g/mol. The predicted molar refractivity (Wildman–Crippen MR) is 112 cm³/mol. The number of anilines is 1. The number of hydrogen-bond donors (Lipinski definition) is 2. The van der Waals surface area contributed by atoms with Gasteiger partial charge in [0.15, 0.2) is 0 Å². The van der Waals surface area contributed by atoms with E-state index in [2.05, 4.69) is 33.5 Å². The maximum atomic E-state index is 12.5. The highest BCUT2D eigenvalue weighted by Gasteiger charge is 2.11. The van der Waals surface area contributed by atoms with Gasteiger partial charge in [0.25, 0.3) is 11.8 Å². The molecule has 0 radical (unpaired) electrons. The minimum atomic E-state index is -0.227. The van der Waals surface area contributed by atoms with Crippen LogP contribution in [0.25, 0.3) is 0 Å². The van der Waals surface area contributed by atoms with Gasteiger partial charge >= 0.3 is 0 Å². The van der Waals surface area contributed by atoms with Crippen molar-refractivity contribution in [3.05, 3.63) is 58.1 Å². The van der Waals surface area contributed by atoms with Crippen LogP contribution in [-0.2, 0) is 0 Å². The first-order valence-corrected chi connectivity index (χ1v) is 9.84. The van der Waals surface area contributed by atoms with Gasteiger partial charge in [-0.3, -0.25) is 9.59 Å². The molecule has 0 unspecified atom stereocenters. The van der Waals surface area contributed by atoms with Crippen LogP contribution in [0.5, 0.6) is 5.75 Å². The zero-order valence-electron chi connectivity index (χ0n) is 15.8. The Balaban J connectivity index is 2.00. The summed E-state index contributed by atoms with van der Waals surface area (Å²) in [6.45, 7) is 6.57. The van der Waals surface area contributed by atoms with Gasteiger partial charge in [-0.2, -0.15) is 0 Å². The van der Waals surface area contributed by atoms with E-state index in [0.717, 1.165) is 23.1 Å². The SMILES string of the molecule is CCCCOc1ccc(C(=O)Nc2ccc(C(=O)NC(C)C)cc2)cc1Br. The van der Waals surface area contributed by atoms with Crippen LogP contribution in [0.2, 0.25) is 0 Å². The fourth-order valence-electron chi connectivity index (χ4n) is 2.34. The second-order valence-electron chi connectivity index (χ2n) is 6.51. The van der Waals surface area contributed by atoms with E-state index in [4.69, 9.17) is 4.74 Å². The number of unbranched alkanes of at least 4 members (excludes halogenated alkanes) is 1. The van der Waals surface area contributed by atoms with Gasteiger partial charge in [-0.05, 0) is 78.7 Å². The van der Waals surface area contributed by atoms with Crippen LogP contribution in [0.4, 0.5) is 5.69 Å². The molecular formula is C21H25BrN2O3. The lowest BCUT2D eigenvalue weighted by Crippen LogP contribution is -2.30. The van der Waals surface area contributed by atoms with Crippen LogP contribution >= 0.6 is 15.9 Å². The average Bonchev–Trinajstić information content (AvgIpc) is 2.63. The quantitative estimate of drug-likeness (QED) is 0.575. The summed E-state index contributed by atoms with van der Waals surface area (Å²) < 4.78 is 6.42. The number of carbonyl (C=O) groups is 2. The van der Waals surface area contributed by atoms with E-state index in [1.54, 1.807) is 42.5 Å². The first kappa shape index (κ1) is 21.0. The summed E-state index contributed by atoms with van der Waals surface area (Å²) in [5.74, 6) is 0.362. The zero-order valence-corrected chi connectivity index (χ0v) is 17.4. The van der Waals surface area contributed by atoms with Crippen LogP contribution in [0.1, 0.15) is 54.3 Å². The van der Waals surface area contributed by atoms with Gasteiger partial charge < -0.3 is 15.4 Å². The Morgan fingerprint density at radius 2 is 1.70 bits per heavy atom. The van der Waals surface area contributed by atoms with E-state index >= 15 is 0 Å². The van der Waals surface area contributed by atoms with E-state index in [-0.39, 0.29) is 17.9 Å². The Hall–Kier alpha value is -2.34. The van der Waals surface area contributed by atoms with Gasteiger partial charge in [0.05, 0.1) is 11.1 Å². The number of halogens is 1. The van der Waals surface area contributed by atoms with Crippen molar-refractivity contribution in [3.8, 4) is 5.75 Å². The predicted octanol–water partition coefficient (Wildman–Crippen LogP) is 5.02. The monoisotopic (exact) mass is 432 g/mol. The summed E-state index contributed by atoms with van der Waals surface area (Å²) in [6, 6.07) is 12.1. The van der Waals surface area contributed by atoms with E-state index < -0.39 is 0 Å². The first-order chi connectivity index (χ1) is 12.9. The molecule has 0 aliphatic rings. The van der Waals surface area contributed by atoms with E-state index in [1.165, 1.54) is 0 Å². The number of benzene rings is 2. The molecule has 2 aromatic carbocycles. The molecule has 0 atom stereocenters. The van der Waals surface area contributed by atoms with Crippen LogP contribution in [0.15, 0.2) is 46.9 Å². The molecule has 0 saturated heterocycles. The van der Waals surface area contributed by atoms with Crippen molar-refractivity contribution in [1.29, 1.82) is 0 Å². The summed E-state index contributed by atoms with van der Waals surface area (Å²) in [4.78, 5) is 24.4. The smallest absolute Gasteiger partial charge is 0.255 e. The van der Waals surface area contributed by atoms with Gasteiger partial charge in [0.1, 0.15) is 5.75 Å². The maximum absolute atomic E-state index is 12.5. The van der Waals surface area contributed by atoms with E-state index in [1.807, 2.05) is 13.8 Å². The molecule has 0 saturated carbocycles. The summed E-state index contributed by atoms with van der Waals surface area (Å²) in [5.41, 5.74) is 1.70. The molecule has 0 bridgehead atoms. The Labute approximate surface area is 168 Å². The van der Waals surface area contributed by atoms with E-state index in [0.29, 0.717) is 23.4 Å². The molecule has 2 N–H and O–H groups in total. The summed E-state index contributed by atoms with van der Waals surface area (Å²) in [6.07, 6.45) is 2.05. The fourth-order valence-corrected chi connectivity index (χ4v) is 2.83. The third kappa shape index (κ3) is 6.40. The first-order valence-electron chi connectivity index (χ1n) is 9.05. The molecule has 6 heteroatoms. The number of ether oxygens (including phenoxy) is 1. The van der Waals surface area contributed by atoms with E-state index in [9.17, 15) is 9.59 Å². The van der Waals surface area contributed by atoms with Crippen molar-refractivity contribution < 1.29 is 14.3 Å². The molecule has 0 spiro atoms. The lowest BCUT2D eigenvalue weighted by molar-refractivity contribution is 0.0942. The molecule has 0 fully saturated rings. The van der Waals surface area contributed by atoms with Crippen molar-refractivity contribution in [1.82, 2.24) is 5.32 Å². The Morgan fingerprint density at radius 1 is 1.04 bits per heavy atom. The maximum Gasteiger partial charge on any atom is 0.255 e. The highest BCUT2D eigenvalue weighted by atomic mass is 79.9. The number of nitrogens with one attached hydrogen (secondary N) is 2. The van der Waals surface area contributed by atoms with Gasteiger partial charge in [0.2, 0.25) is 0 Å². The molecule has 0 heterocycles. The van der Waals surface area contributed by atoms with Gasteiger partial charge in [0, 0.05) is 22.9 Å². The lowest BCUT2D eigenvalue weighted by Gasteiger charge is -2.11. The van der Waals surface area contributed by atoms with Crippen molar-refractivity contribution in [2.24, 2.45) is 0 Å². The Morgan fingerprint density at radius 3 is 2.30 bits per heavy atom. The molecule has 0 aliphatic carbocycles. The largest absolute Gasteiger partial charge is 0.492 e. The highest BCUT2D eigenvalue weighted by molar-refractivity contribution is 9.10. The molecular weight excluding hydrogens is 408 g/mol. The summed E-state index contributed by atoms with van der Waals surface area (Å²) >= 11 is 3.45. The standard InChI is InChI=1S/C21H25BrN2O3/c1-4-5-12-27-19-11-8-16(13-18(19)22)21(26)24-17-9-6-15(7-10-17)20(25)23-14(2)3/h6-11,13-14H,4-5,12H2,1-3H3,(H,23,25)(H,24,26). The Kier molecular flexibility index (Phi) is 7.85. The fraction of sp³-hybridized carbons (Fsp3) is 0.333. The lowest BCUT2D eigenvalue weighted by atomic mass is 10.1. The molecule has 5 nitrogen and oxygen atoms in total. The van der Waals surface area contributed by atoms with Crippen molar-refractivity contribution in [2.75, 3.05) is 11.9 Å². The second-order valence-corrected chi connectivity index (χ2v) is 7.36. The number of hydrogen-bond acceptors (Lipinski definition) is 3. The topological polar surface area (TPSA) is 67.4 Å². The molecule has 27 heavy (non-hydrogen) atoms. The van der Waals surface area contributed by atoms with Crippen molar-refractivity contribution >= 4 is 33.4 Å². The van der Waals surface area contributed by atoms with Gasteiger partial charge in [-0.15, -0.1) is 0 Å². The van der Waals surface area contributed by atoms with Crippen LogP contribution in [0.3, 0.4) is 0 Å². The molecule has 0 aromatic heterocycles. The molecule has 0 aliphatic heterocycles. The zero-order chi connectivity index (χ0) is 19.8. The van der Waals surface area contributed by atoms with Crippen LogP contribution in [-0.4, -0.2) is 24.5 Å². The van der Waals surface area contributed by atoms with Gasteiger partial charge in [-0.25, -0.2) is 0 Å². The molecule has 2 rings (SSSR count). The molecule has 2 aromatic rings. The van der Waals surface area contributed by atoms with Gasteiger partial charge in [-0.1, -0.05) is 13.3 Å². The van der Waals surface area contributed by atoms with Crippen LogP contribution in [0, 0.1) is 0 Å². The second kappa shape index (κ2) is 10.1. The third-order valence-electron chi connectivity index (χ3n) is 3.77. The normalized spacial score (nSPS) is 10.6. The Bertz CT molecular complexity index is 789. The highest BCUT2D eigenvalue weighted by Crippen LogP contribution is 2.26. The number of rotatable bonds is 8. The number of amides is 2. The third-order valence-corrected chi connectivity index (χ3v) is 4.39. The summed E-state index contributed by atoms with van der Waals surface area (Å²) in [5, 5.41) is 5.66.